The van der Waals surface area contributed by atoms with E-state index < -0.39 is 12.3 Å². The lowest BCUT2D eigenvalue weighted by atomic mass is 10.1. The number of nitrogens with two attached hydrogens (primary N) is 1. The van der Waals surface area contributed by atoms with Crippen LogP contribution >= 0.6 is 23.2 Å². The van der Waals surface area contributed by atoms with E-state index in [4.69, 9.17) is 48.2 Å². The summed E-state index contributed by atoms with van der Waals surface area (Å²) in [7, 11) is 0. The second-order valence-corrected chi connectivity index (χ2v) is 9.68. The zero-order chi connectivity index (χ0) is 26.3. The minimum atomic E-state index is -0.894. The summed E-state index contributed by atoms with van der Waals surface area (Å²) in [5, 5.41) is 14.9. The monoisotopic (exact) mass is 540 g/mol. The van der Waals surface area contributed by atoms with Crippen LogP contribution in [0.5, 0.6) is 5.75 Å². The normalized spacial score (nSPS) is 14.5. The lowest BCUT2D eigenvalue weighted by molar-refractivity contribution is 0.0379. The standard InChI is InChI=1S/C26H26Cl2N6O3/c1-4-20(35)24(29)36-16-7-8-18(27)17(10-16)25-31-23(21-13(2)33-37-14(21)3)22(28)26(32-25)34-11-15-6-5-9-30-19(15)12-34/h5-10,20,24,35H,4,11-12,29H2,1-3H3/t20?,24-/m1/s1. The number of benzene rings is 1. The molecular weight excluding hydrogens is 515 g/mol. The molecule has 0 bridgehead atoms. The quantitative estimate of drug-likeness (QED) is 0.309. The Labute approximate surface area is 224 Å². The smallest absolute Gasteiger partial charge is 0.173 e. The van der Waals surface area contributed by atoms with Crippen molar-refractivity contribution in [3.63, 3.8) is 0 Å². The molecule has 0 saturated heterocycles. The Morgan fingerprint density at radius 1 is 1.19 bits per heavy atom. The van der Waals surface area contributed by atoms with E-state index in [-0.39, 0.29) is 0 Å². The van der Waals surface area contributed by atoms with Gasteiger partial charge in [0, 0.05) is 18.3 Å². The largest absolute Gasteiger partial charge is 0.473 e. The number of ether oxygens (including phenoxy) is 1. The van der Waals surface area contributed by atoms with Crippen LogP contribution in [0.1, 0.15) is 36.1 Å². The van der Waals surface area contributed by atoms with Crippen LogP contribution in [-0.2, 0) is 13.1 Å². The van der Waals surface area contributed by atoms with Crippen LogP contribution in [0.4, 0.5) is 5.82 Å². The van der Waals surface area contributed by atoms with E-state index in [1.165, 1.54) is 0 Å². The van der Waals surface area contributed by atoms with Crippen LogP contribution in [-0.4, -0.2) is 37.5 Å². The third kappa shape index (κ3) is 4.87. The molecular formula is C26H26Cl2N6O3. The van der Waals surface area contributed by atoms with Gasteiger partial charge in [0.05, 0.1) is 28.5 Å². The van der Waals surface area contributed by atoms with Crippen molar-refractivity contribution in [2.75, 3.05) is 4.90 Å². The van der Waals surface area contributed by atoms with Crippen LogP contribution in [0.2, 0.25) is 10.0 Å². The summed E-state index contributed by atoms with van der Waals surface area (Å²) < 4.78 is 11.2. The van der Waals surface area contributed by atoms with E-state index in [1.54, 1.807) is 24.4 Å². The molecule has 11 heteroatoms. The molecule has 0 spiro atoms. The predicted molar refractivity (Wildman–Crippen MR) is 141 cm³/mol. The maximum atomic E-state index is 10.0. The summed E-state index contributed by atoms with van der Waals surface area (Å²) in [5.41, 5.74) is 10.4. The number of nitrogens with zero attached hydrogens (tertiary/aromatic N) is 5. The fourth-order valence-electron chi connectivity index (χ4n) is 4.32. The molecule has 0 amide bonds. The summed E-state index contributed by atoms with van der Waals surface area (Å²) in [5.74, 6) is 1.90. The van der Waals surface area contributed by atoms with Gasteiger partial charge in [0.25, 0.3) is 0 Å². The number of hydrogen-bond donors (Lipinski definition) is 2. The van der Waals surface area contributed by atoms with Crippen molar-refractivity contribution in [2.24, 2.45) is 5.73 Å². The molecule has 1 aromatic carbocycles. The molecule has 1 aliphatic rings. The summed E-state index contributed by atoms with van der Waals surface area (Å²) in [4.78, 5) is 16.2. The second kappa shape index (κ2) is 10.3. The van der Waals surface area contributed by atoms with Crippen molar-refractivity contribution in [1.82, 2.24) is 20.1 Å². The molecule has 0 saturated carbocycles. The molecule has 0 radical (unpaired) electrons. The highest BCUT2D eigenvalue weighted by atomic mass is 35.5. The minimum absolute atomic E-state index is 0.346. The summed E-state index contributed by atoms with van der Waals surface area (Å²) in [6.45, 7) is 6.62. The van der Waals surface area contributed by atoms with Crippen LogP contribution in [0.25, 0.3) is 22.6 Å². The Bertz CT molecular complexity index is 1420. The van der Waals surface area contributed by atoms with Gasteiger partial charge in [-0.15, -0.1) is 0 Å². The number of fused-ring (bicyclic) bond motifs is 1. The Morgan fingerprint density at radius 2 is 2.00 bits per heavy atom. The Morgan fingerprint density at radius 3 is 2.70 bits per heavy atom. The maximum Gasteiger partial charge on any atom is 0.173 e. The van der Waals surface area contributed by atoms with Gasteiger partial charge in [-0.25, -0.2) is 9.97 Å². The maximum absolute atomic E-state index is 10.0. The average Bonchev–Trinajstić information content (AvgIpc) is 3.47. The second-order valence-electron chi connectivity index (χ2n) is 8.90. The first-order chi connectivity index (χ1) is 17.8. The predicted octanol–water partition coefficient (Wildman–Crippen LogP) is 5.07. The summed E-state index contributed by atoms with van der Waals surface area (Å²) >= 11 is 13.6. The number of aryl methyl sites for hydroxylation is 2. The molecule has 3 aromatic heterocycles. The number of rotatable bonds is 7. The van der Waals surface area contributed by atoms with Gasteiger partial charge in [-0.2, -0.15) is 0 Å². The highest BCUT2D eigenvalue weighted by Crippen LogP contribution is 2.41. The lowest BCUT2D eigenvalue weighted by Crippen LogP contribution is -2.39. The van der Waals surface area contributed by atoms with Crippen molar-refractivity contribution in [2.45, 2.75) is 52.6 Å². The number of hydrogen-bond acceptors (Lipinski definition) is 9. The highest BCUT2D eigenvalue weighted by molar-refractivity contribution is 6.36. The first kappa shape index (κ1) is 25.4. The number of halogens is 2. The van der Waals surface area contributed by atoms with E-state index in [1.807, 2.05) is 32.9 Å². The number of aliphatic hydroxyl groups is 1. The fraction of sp³-hybridized carbons (Fsp3) is 0.308. The molecule has 0 fully saturated rings. The molecule has 2 atom stereocenters. The zero-order valence-electron chi connectivity index (χ0n) is 20.6. The molecule has 192 valence electrons. The third-order valence-corrected chi connectivity index (χ3v) is 7.02. The van der Waals surface area contributed by atoms with Crippen LogP contribution < -0.4 is 15.4 Å². The lowest BCUT2D eigenvalue weighted by Gasteiger charge is -2.21. The van der Waals surface area contributed by atoms with Crippen LogP contribution in [0.15, 0.2) is 41.1 Å². The Balaban J connectivity index is 1.64. The van der Waals surface area contributed by atoms with Gasteiger partial charge >= 0.3 is 0 Å². The van der Waals surface area contributed by atoms with Gasteiger partial charge in [-0.05, 0) is 50.1 Å². The molecule has 4 heterocycles. The fourth-order valence-corrected chi connectivity index (χ4v) is 4.82. The third-order valence-electron chi connectivity index (χ3n) is 6.34. The van der Waals surface area contributed by atoms with E-state index >= 15 is 0 Å². The van der Waals surface area contributed by atoms with E-state index in [0.29, 0.717) is 75.2 Å². The van der Waals surface area contributed by atoms with Gasteiger partial charge in [-0.3, -0.25) is 10.7 Å². The van der Waals surface area contributed by atoms with Gasteiger partial charge in [-0.1, -0.05) is 41.3 Å². The van der Waals surface area contributed by atoms with Crippen LogP contribution in [0, 0.1) is 13.8 Å². The van der Waals surface area contributed by atoms with Crippen molar-refractivity contribution in [1.29, 1.82) is 0 Å². The first-order valence-electron chi connectivity index (χ1n) is 11.9. The Hall–Kier alpha value is -3.24. The molecule has 1 aliphatic heterocycles. The van der Waals surface area contributed by atoms with Gasteiger partial charge in [0.15, 0.2) is 17.9 Å². The van der Waals surface area contributed by atoms with E-state index in [0.717, 1.165) is 11.3 Å². The number of pyridine rings is 1. The summed E-state index contributed by atoms with van der Waals surface area (Å²) in [6, 6.07) is 9.02. The summed E-state index contributed by atoms with van der Waals surface area (Å²) in [6.07, 6.45) is 0.526. The molecule has 1 unspecified atom stereocenters. The zero-order valence-corrected chi connectivity index (χ0v) is 22.1. The topological polar surface area (TPSA) is 123 Å². The molecule has 3 N–H and O–H groups in total. The van der Waals surface area contributed by atoms with Gasteiger partial charge in [0.1, 0.15) is 28.3 Å². The van der Waals surface area contributed by atoms with Gasteiger partial charge < -0.3 is 19.3 Å². The minimum Gasteiger partial charge on any atom is -0.473 e. The van der Waals surface area contributed by atoms with Crippen molar-refractivity contribution in [3.05, 3.63) is 69.3 Å². The molecule has 37 heavy (non-hydrogen) atoms. The van der Waals surface area contributed by atoms with Crippen molar-refractivity contribution >= 4 is 29.0 Å². The number of aliphatic hydroxyl groups excluding tert-OH is 1. The first-order valence-corrected chi connectivity index (χ1v) is 12.6. The molecule has 9 nitrogen and oxygen atoms in total. The Kier molecular flexibility index (Phi) is 7.04. The number of aromatic nitrogens is 4. The number of anilines is 1. The molecule has 4 aromatic rings. The van der Waals surface area contributed by atoms with E-state index in [2.05, 4.69) is 15.0 Å². The SMILES string of the molecule is CCC(O)[C@H](N)Oc1ccc(Cl)c(-c2nc(-c3c(C)noc3C)c(Cl)c(N3Cc4cccnc4C3)n2)c1. The molecule has 0 aliphatic carbocycles. The van der Waals surface area contributed by atoms with Crippen molar-refractivity contribution in [3.8, 4) is 28.4 Å². The van der Waals surface area contributed by atoms with Crippen molar-refractivity contribution < 1.29 is 14.4 Å². The highest BCUT2D eigenvalue weighted by Gasteiger charge is 2.28. The average molecular weight is 541 g/mol. The molecule has 5 rings (SSSR count). The van der Waals surface area contributed by atoms with Crippen LogP contribution in [0.3, 0.4) is 0 Å². The van der Waals surface area contributed by atoms with Gasteiger partial charge in [0.2, 0.25) is 0 Å². The van der Waals surface area contributed by atoms with E-state index in [9.17, 15) is 5.11 Å².